The van der Waals surface area contributed by atoms with E-state index in [9.17, 15) is 4.79 Å². The van der Waals surface area contributed by atoms with Crippen molar-refractivity contribution in [2.24, 2.45) is 0 Å². The molecule has 0 saturated heterocycles. The second kappa shape index (κ2) is 8.47. The number of ketones is 1. The molecule has 0 radical (unpaired) electrons. The Labute approximate surface area is 77.1 Å². The summed E-state index contributed by atoms with van der Waals surface area (Å²) in [5.41, 5.74) is 0. The summed E-state index contributed by atoms with van der Waals surface area (Å²) in [4.78, 5) is 10.5. The first-order valence-electron chi connectivity index (χ1n) is 3.92. The van der Waals surface area contributed by atoms with Crippen molar-refractivity contribution in [3.8, 4) is 0 Å². The van der Waals surface area contributed by atoms with E-state index in [1.54, 1.807) is 6.92 Å². The molecule has 0 aliphatic carbocycles. The van der Waals surface area contributed by atoms with Gasteiger partial charge in [0.05, 0.1) is 0 Å². The Balaban J connectivity index is 2.85. The Hall–Kier alpha value is 0.370. The highest BCUT2D eigenvalue weighted by molar-refractivity contribution is 8.76. The quantitative estimate of drug-likeness (QED) is 0.455. The first-order chi connectivity index (χ1) is 5.27. The monoisotopic (exact) mass is 192 g/mol. The Morgan fingerprint density at radius 3 is 2.55 bits per heavy atom. The van der Waals surface area contributed by atoms with Crippen LogP contribution in [0.3, 0.4) is 0 Å². The molecule has 0 atom stereocenters. The molecule has 0 aromatic carbocycles. The first kappa shape index (κ1) is 11.4. The fraction of sp³-hybridized carbons (Fsp3) is 0.875. The second-order valence-electron chi connectivity index (χ2n) is 2.50. The van der Waals surface area contributed by atoms with Gasteiger partial charge in [-0.05, 0) is 26.0 Å². The highest BCUT2D eigenvalue weighted by Crippen LogP contribution is 2.18. The fourth-order valence-corrected chi connectivity index (χ4v) is 2.14. The number of hydrogen-bond acceptors (Lipinski definition) is 3. The van der Waals surface area contributed by atoms with E-state index in [1.807, 2.05) is 21.6 Å². The van der Waals surface area contributed by atoms with Crippen LogP contribution in [0, 0.1) is 0 Å². The standard InChI is InChI=1S/C8H16OS2/c1-8(9)6-4-3-5-7-11-10-2/h3-7H2,1-2H3. The number of unbranched alkanes of at least 4 members (excludes halogenated alkanes) is 2. The molecule has 11 heavy (non-hydrogen) atoms. The van der Waals surface area contributed by atoms with Gasteiger partial charge in [0.1, 0.15) is 5.78 Å². The van der Waals surface area contributed by atoms with E-state index in [-0.39, 0.29) is 0 Å². The lowest BCUT2D eigenvalue weighted by atomic mass is 10.2. The molecule has 3 heteroatoms. The summed E-state index contributed by atoms with van der Waals surface area (Å²) in [6.07, 6.45) is 6.39. The van der Waals surface area contributed by atoms with Crippen LogP contribution in [0.25, 0.3) is 0 Å². The minimum Gasteiger partial charge on any atom is -0.300 e. The van der Waals surface area contributed by atoms with Crippen molar-refractivity contribution in [1.82, 2.24) is 0 Å². The van der Waals surface area contributed by atoms with Gasteiger partial charge < -0.3 is 4.79 Å². The molecule has 66 valence electrons. The largest absolute Gasteiger partial charge is 0.300 e. The lowest BCUT2D eigenvalue weighted by Crippen LogP contribution is -1.89. The number of hydrogen-bond donors (Lipinski definition) is 0. The predicted octanol–water partition coefficient (Wildman–Crippen LogP) is 3.15. The van der Waals surface area contributed by atoms with E-state index < -0.39 is 0 Å². The molecule has 0 spiro atoms. The molecule has 0 amide bonds. The van der Waals surface area contributed by atoms with Gasteiger partial charge in [-0.3, -0.25) is 0 Å². The van der Waals surface area contributed by atoms with Crippen LogP contribution in [0.2, 0.25) is 0 Å². The molecule has 1 nitrogen and oxygen atoms in total. The Bertz CT molecular complexity index is 104. The van der Waals surface area contributed by atoms with Gasteiger partial charge in [-0.2, -0.15) is 0 Å². The second-order valence-corrected chi connectivity index (χ2v) is 5.19. The maximum absolute atomic E-state index is 10.5. The van der Waals surface area contributed by atoms with Gasteiger partial charge in [-0.25, -0.2) is 0 Å². The van der Waals surface area contributed by atoms with Crippen LogP contribution in [-0.4, -0.2) is 17.8 Å². The SMILES string of the molecule is CSSCCCCCC(C)=O. The van der Waals surface area contributed by atoms with Crippen molar-refractivity contribution >= 4 is 27.4 Å². The minimum absolute atomic E-state index is 0.322. The Morgan fingerprint density at radius 1 is 1.27 bits per heavy atom. The topological polar surface area (TPSA) is 17.1 Å². The van der Waals surface area contributed by atoms with Crippen LogP contribution in [0.4, 0.5) is 0 Å². The zero-order valence-electron chi connectivity index (χ0n) is 7.26. The maximum Gasteiger partial charge on any atom is 0.129 e. The van der Waals surface area contributed by atoms with Crippen LogP contribution in [0.15, 0.2) is 0 Å². The molecule has 0 rings (SSSR count). The molecule has 0 bridgehead atoms. The van der Waals surface area contributed by atoms with Crippen molar-refractivity contribution in [3.63, 3.8) is 0 Å². The third-order valence-electron chi connectivity index (χ3n) is 1.37. The molecule has 0 aromatic heterocycles. The molecule has 0 aliphatic heterocycles. The zero-order valence-corrected chi connectivity index (χ0v) is 8.89. The third-order valence-corrected chi connectivity index (χ3v) is 3.27. The van der Waals surface area contributed by atoms with Gasteiger partial charge >= 0.3 is 0 Å². The smallest absolute Gasteiger partial charge is 0.129 e. The van der Waals surface area contributed by atoms with Gasteiger partial charge in [0, 0.05) is 12.2 Å². The van der Waals surface area contributed by atoms with E-state index in [0.29, 0.717) is 5.78 Å². The number of Topliss-reactive ketones (excluding diaryl/α,β-unsaturated/α-hetero) is 1. The number of carbonyl (C=O) groups is 1. The molecule has 0 aromatic rings. The van der Waals surface area contributed by atoms with E-state index in [4.69, 9.17) is 0 Å². The Morgan fingerprint density at radius 2 is 2.00 bits per heavy atom. The highest BCUT2D eigenvalue weighted by atomic mass is 33.1. The molecular weight excluding hydrogens is 176 g/mol. The van der Waals surface area contributed by atoms with E-state index in [1.165, 1.54) is 18.6 Å². The van der Waals surface area contributed by atoms with Crippen LogP contribution >= 0.6 is 21.6 Å². The van der Waals surface area contributed by atoms with Crippen LogP contribution in [-0.2, 0) is 4.79 Å². The lowest BCUT2D eigenvalue weighted by molar-refractivity contribution is -0.117. The van der Waals surface area contributed by atoms with Crippen LogP contribution in [0.1, 0.15) is 32.6 Å². The number of rotatable bonds is 7. The predicted molar refractivity (Wildman–Crippen MR) is 55.1 cm³/mol. The highest BCUT2D eigenvalue weighted by Gasteiger charge is 1.93. The van der Waals surface area contributed by atoms with Crippen LogP contribution < -0.4 is 0 Å². The molecule has 0 aliphatic rings. The molecular formula is C8H16OS2. The molecule has 0 unspecified atom stereocenters. The summed E-state index contributed by atoms with van der Waals surface area (Å²) in [5.74, 6) is 1.54. The van der Waals surface area contributed by atoms with Crippen molar-refractivity contribution in [1.29, 1.82) is 0 Å². The lowest BCUT2D eigenvalue weighted by Gasteiger charge is -1.97. The first-order valence-corrected chi connectivity index (χ1v) is 6.65. The van der Waals surface area contributed by atoms with Gasteiger partial charge in [0.25, 0.3) is 0 Å². The van der Waals surface area contributed by atoms with E-state index in [2.05, 4.69) is 6.26 Å². The fourth-order valence-electron chi connectivity index (χ4n) is 0.795. The van der Waals surface area contributed by atoms with Gasteiger partial charge in [-0.1, -0.05) is 28.0 Å². The van der Waals surface area contributed by atoms with Crippen molar-refractivity contribution in [2.45, 2.75) is 32.6 Å². The van der Waals surface area contributed by atoms with Gasteiger partial charge in [0.2, 0.25) is 0 Å². The average molecular weight is 192 g/mol. The van der Waals surface area contributed by atoms with Crippen molar-refractivity contribution in [3.05, 3.63) is 0 Å². The molecule has 0 fully saturated rings. The summed E-state index contributed by atoms with van der Waals surface area (Å²) in [7, 11) is 3.71. The number of carbonyl (C=O) groups excluding carboxylic acids is 1. The normalized spacial score (nSPS) is 10.0. The summed E-state index contributed by atoms with van der Waals surface area (Å²) in [5, 5.41) is 0. The zero-order chi connectivity index (χ0) is 8.53. The summed E-state index contributed by atoms with van der Waals surface area (Å²) >= 11 is 0. The maximum atomic E-state index is 10.5. The van der Waals surface area contributed by atoms with Crippen LogP contribution in [0.5, 0.6) is 0 Å². The van der Waals surface area contributed by atoms with Gasteiger partial charge in [0.15, 0.2) is 0 Å². The molecule has 0 saturated carbocycles. The van der Waals surface area contributed by atoms with Gasteiger partial charge in [-0.15, -0.1) is 0 Å². The molecule has 0 N–H and O–H groups in total. The van der Waals surface area contributed by atoms with Crippen molar-refractivity contribution in [2.75, 3.05) is 12.0 Å². The summed E-state index contributed by atoms with van der Waals surface area (Å²) < 4.78 is 0. The average Bonchev–Trinajstić information content (AvgIpc) is 1.96. The van der Waals surface area contributed by atoms with E-state index in [0.717, 1.165) is 12.8 Å². The summed E-state index contributed by atoms with van der Waals surface area (Å²) in [6.45, 7) is 1.66. The Kier molecular flexibility index (Phi) is 8.75. The summed E-state index contributed by atoms with van der Waals surface area (Å²) in [6, 6.07) is 0. The third kappa shape index (κ3) is 10.4. The molecule has 0 heterocycles. The van der Waals surface area contributed by atoms with E-state index >= 15 is 0 Å². The van der Waals surface area contributed by atoms with Crippen molar-refractivity contribution < 1.29 is 4.79 Å². The minimum atomic E-state index is 0.322.